The second-order valence-electron chi connectivity index (χ2n) is 3.90. The van der Waals surface area contributed by atoms with Crippen LogP contribution in [0.4, 0.5) is 4.39 Å². The molecule has 0 radical (unpaired) electrons. The van der Waals surface area contributed by atoms with Crippen LogP contribution in [0.25, 0.3) is 0 Å². The summed E-state index contributed by atoms with van der Waals surface area (Å²) in [5.41, 5.74) is 0.755. The molecule has 0 N–H and O–H groups in total. The Hall–Kier alpha value is -1.40. The highest BCUT2D eigenvalue weighted by molar-refractivity contribution is 6.19. The molecule has 1 rings (SSSR count). The van der Waals surface area contributed by atoms with Crippen LogP contribution in [0, 0.1) is 11.8 Å². The fourth-order valence-electron chi connectivity index (χ4n) is 1.54. The molecule has 19 heavy (non-hydrogen) atoms. The Morgan fingerprint density at radius 1 is 1.26 bits per heavy atom. The minimum absolute atomic E-state index is 0.269. The molecule has 0 saturated heterocycles. The molecule has 0 aromatic heterocycles. The molecule has 0 bridgehead atoms. The van der Waals surface area contributed by atoms with Gasteiger partial charge in [-0.05, 0) is 37.5 Å². The molecule has 0 spiro atoms. The molecule has 2 nitrogen and oxygen atoms in total. The van der Waals surface area contributed by atoms with Gasteiger partial charge in [0.05, 0.1) is 31.8 Å². The molecule has 0 aliphatic carbocycles. The van der Waals surface area contributed by atoms with Crippen LogP contribution < -0.4 is 9.47 Å². The molecule has 0 fully saturated rings. The number of rotatable bonds is 7. The van der Waals surface area contributed by atoms with Crippen molar-refractivity contribution in [1.29, 1.82) is 0 Å². The van der Waals surface area contributed by atoms with Crippen LogP contribution in [-0.4, -0.2) is 26.3 Å². The minimum Gasteiger partial charge on any atom is -0.497 e. The van der Waals surface area contributed by atoms with Crippen LogP contribution >= 0.6 is 11.6 Å². The van der Waals surface area contributed by atoms with Crippen molar-refractivity contribution in [2.24, 2.45) is 0 Å². The molecule has 1 aromatic carbocycles. The van der Waals surface area contributed by atoms with E-state index in [1.807, 2.05) is 18.2 Å². The van der Waals surface area contributed by atoms with Gasteiger partial charge in [0.25, 0.3) is 0 Å². The predicted octanol–water partition coefficient (Wildman–Crippen LogP) is 3.80. The van der Waals surface area contributed by atoms with Gasteiger partial charge < -0.3 is 9.47 Å². The van der Waals surface area contributed by atoms with Crippen LogP contribution in [0.3, 0.4) is 0 Å². The van der Waals surface area contributed by atoms with Crippen molar-refractivity contribution in [3.8, 4) is 23.3 Å². The van der Waals surface area contributed by atoms with Crippen molar-refractivity contribution in [2.45, 2.75) is 19.3 Å². The first-order valence-corrected chi connectivity index (χ1v) is 6.77. The van der Waals surface area contributed by atoms with Crippen LogP contribution in [0.15, 0.2) is 18.2 Å². The quantitative estimate of drug-likeness (QED) is 0.431. The normalized spacial score (nSPS) is 9.63. The molecule has 0 heterocycles. The van der Waals surface area contributed by atoms with E-state index in [4.69, 9.17) is 21.1 Å². The first-order chi connectivity index (χ1) is 9.31. The number of unbranched alkanes of at least 4 members (excludes halogenated alkanes) is 2. The van der Waals surface area contributed by atoms with Gasteiger partial charge in [-0.15, -0.1) is 11.6 Å². The summed E-state index contributed by atoms with van der Waals surface area (Å²) in [7, 11) is 1.60. The van der Waals surface area contributed by atoms with Gasteiger partial charge in [-0.2, -0.15) is 0 Å². The first kappa shape index (κ1) is 15.7. The van der Waals surface area contributed by atoms with Crippen molar-refractivity contribution in [3.63, 3.8) is 0 Å². The van der Waals surface area contributed by atoms with Crippen molar-refractivity contribution >= 4 is 11.6 Å². The lowest BCUT2D eigenvalue weighted by atomic mass is 10.2. The summed E-state index contributed by atoms with van der Waals surface area (Å²) < 4.78 is 22.8. The van der Waals surface area contributed by atoms with Gasteiger partial charge in [-0.1, -0.05) is 11.8 Å². The standard InChI is InChI=1S/C15H18ClFO2/c1-18-14-7-8-15(13(12-14)6-5-9-16)19-11-4-2-3-10-17/h7-8,12H,2-4,9-11H2,1H3. The van der Waals surface area contributed by atoms with Crippen LogP contribution in [0.1, 0.15) is 24.8 Å². The van der Waals surface area contributed by atoms with Gasteiger partial charge in [0.2, 0.25) is 0 Å². The van der Waals surface area contributed by atoms with Gasteiger partial charge >= 0.3 is 0 Å². The average molecular weight is 285 g/mol. The zero-order valence-electron chi connectivity index (χ0n) is 11.0. The number of alkyl halides is 2. The van der Waals surface area contributed by atoms with Gasteiger partial charge in [0.15, 0.2) is 0 Å². The van der Waals surface area contributed by atoms with E-state index in [2.05, 4.69) is 11.8 Å². The summed E-state index contributed by atoms with van der Waals surface area (Å²) in [6.45, 7) is 0.289. The maximum atomic E-state index is 11.9. The van der Waals surface area contributed by atoms with E-state index in [0.29, 0.717) is 18.8 Å². The molecule has 0 aliphatic heterocycles. The molecule has 0 atom stereocenters. The number of halogens is 2. The fourth-order valence-corrected chi connectivity index (χ4v) is 1.61. The second-order valence-corrected chi connectivity index (χ2v) is 4.16. The molecule has 4 heteroatoms. The number of hydrogen-bond donors (Lipinski definition) is 0. The van der Waals surface area contributed by atoms with Crippen LogP contribution in [0.5, 0.6) is 11.5 Å². The van der Waals surface area contributed by atoms with Crippen molar-refractivity contribution < 1.29 is 13.9 Å². The number of ether oxygens (including phenoxy) is 2. The van der Waals surface area contributed by atoms with Gasteiger partial charge in [0, 0.05) is 0 Å². The highest BCUT2D eigenvalue weighted by Gasteiger charge is 2.03. The van der Waals surface area contributed by atoms with E-state index in [1.54, 1.807) is 7.11 Å². The lowest BCUT2D eigenvalue weighted by Crippen LogP contribution is -1.99. The second kappa shape index (κ2) is 9.52. The summed E-state index contributed by atoms with van der Waals surface area (Å²) >= 11 is 5.56. The van der Waals surface area contributed by atoms with Gasteiger partial charge in [0.1, 0.15) is 11.5 Å². The molecule has 104 valence electrons. The third-order valence-electron chi connectivity index (χ3n) is 2.51. The van der Waals surface area contributed by atoms with Crippen molar-refractivity contribution in [1.82, 2.24) is 0 Å². The monoisotopic (exact) mass is 284 g/mol. The number of hydrogen-bond acceptors (Lipinski definition) is 2. The highest BCUT2D eigenvalue weighted by atomic mass is 35.5. The largest absolute Gasteiger partial charge is 0.497 e. The Morgan fingerprint density at radius 2 is 2.11 bits per heavy atom. The fraction of sp³-hybridized carbons (Fsp3) is 0.467. The zero-order valence-corrected chi connectivity index (χ0v) is 11.8. The summed E-state index contributed by atoms with van der Waals surface area (Å²) in [5.74, 6) is 7.44. The average Bonchev–Trinajstić information content (AvgIpc) is 2.45. The maximum Gasteiger partial charge on any atom is 0.135 e. The molecule has 0 saturated carbocycles. The van der Waals surface area contributed by atoms with E-state index in [9.17, 15) is 4.39 Å². The van der Waals surface area contributed by atoms with Crippen LogP contribution in [-0.2, 0) is 0 Å². The smallest absolute Gasteiger partial charge is 0.135 e. The molecule has 1 aromatic rings. The summed E-state index contributed by atoms with van der Waals surface area (Å²) in [4.78, 5) is 0. The Labute approximate surface area is 118 Å². The highest BCUT2D eigenvalue weighted by Crippen LogP contribution is 2.23. The molecule has 0 aliphatic rings. The SMILES string of the molecule is COc1ccc(OCCCCCF)c(C#CCCl)c1. The van der Waals surface area contributed by atoms with Gasteiger partial charge in [-0.25, -0.2) is 0 Å². The van der Waals surface area contributed by atoms with Gasteiger partial charge in [-0.3, -0.25) is 4.39 Å². The Bertz CT molecular complexity index is 438. The first-order valence-electron chi connectivity index (χ1n) is 6.23. The minimum atomic E-state index is -0.269. The third-order valence-corrected chi connectivity index (χ3v) is 2.65. The Balaban J connectivity index is 2.64. The maximum absolute atomic E-state index is 11.9. The topological polar surface area (TPSA) is 18.5 Å². The van der Waals surface area contributed by atoms with E-state index < -0.39 is 0 Å². The van der Waals surface area contributed by atoms with Crippen molar-refractivity contribution in [3.05, 3.63) is 23.8 Å². The van der Waals surface area contributed by atoms with E-state index in [0.717, 1.165) is 24.2 Å². The molecular formula is C15H18ClFO2. The molecule has 0 unspecified atom stereocenters. The summed E-state index contributed by atoms with van der Waals surface area (Å²) in [5, 5.41) is 0. The number of benzene rings is 1. The van der Waals surface area contributed by atoms with E-state index in [-0.39, 0.29) is 12.6 Å². The number of methoxy groups -OCH3 is 1. The Morgan fingerprint density at radius 3 is 2.79 bits per heavy atom. The molecular weight excluding hydrogens is 267 g/mol. The van der Waals surface area contributed by atoms with Crippen LogP contribution in [0.2, 0.25) is 0 Å². The predicted molar refractivity (Wildman–Crippen MR) is 75.9 cm³/mol. The zero-order chi connectivity index (χ0) is 13.9. The lowest BCUT2D eigenvalue weighted by molar-refractivity contribution is 0.300. The Kier molecular flexibility index (Phi) is 7.84. The summed E-state index contributed by atoms with van der Waals surface area (Å²) in [6, 6.07) is 5.46. The molecule has 0 amide bonds. The van der Waals surface area contributed by atoms with E-state index >= 15 is 0 Å². The summed E-state index contributed by atoms with van der Waals surface area (Å²) in [6.07, 6.45) is 2.25. The van der Waals surface area contributed by atoms with E-state index in [1.165, 1.54) is 0 Å². The lowest BCUT2D eigenvalue weighted by Gasteiger charge is -2.09. The van der Waals surface area contributed by atoms with Crippen molar-refractivity contribution in [2.75, 3.05) is 26.3 Å². The third kappa shape index (κ3) is 5.85.